The molecule has 1 fully saturated rings. The van der Waals surface area contributed by atoms with E-state index in [4.69, 9.17) is 11.6 Å². The smallest absolute Gasteiger partial charge is 0.227 e. The quantitative estimate of drug-likeness (QED) is 0.452. The van der Waals surface area contributed by atoms with Gasteiger partial charge >= 0.3 is 0 Å². The number of carbonyl (C=O) groups excluding carboxylic acids is 1. The van der Waals surface area contributed by atoms with Crippen LogP contribution in [0, 0.1) is 5.41 Å². The molecular formula is C14H25ClO. The lowest BCUT2D eigenvalue weighted by Gasteiger charge is -2.33. The Kier molecular flexibility index (Phi) is 6.41. The predicted octanol–water partition coefficient (Wildman–Crippen LogP) is 5.06. The largest absolute Gasteiger partial charge is 0.281 e. The second kappa shape index (κ2) is 7.32. The van der Waals surface area contributed by atoms with E-state index >= 15 is 0 Å². The van der Waals surface area contributed by atoms with Crippen molar-refractivity contribution < 1.29 is 4.79 Å². The van der Waals surface area contributed by atoms with Crippen LogP contribution in [0.3, 0.4) is 0 Å². The minimum atomic E-state index is -0.147. The Morgan fingerprint density at radius 3 is 2.25 bits per heavy atom. The van der Waals surface area contributed by atoms with Crippen molar-refractivity contribution in [2.45, 2.75) is 77.6 Å². The number of rotatable bonds is 7. The molecule has 0 spiro atoms. The van der Waals surface area contributed by atoms with Gasteiger partial charge in [0.2, 0.25) is 5.24 Å². The van der Waals surface area contributed by atoms with Crippen molar-refractivity contribution in [3.05, 3.63) is 0 Å². The summed E-state index contributed by atoms with van der Waals surface area (Å²) >= 11 is 5.81. The molecule has 0 atom stereocenters. The molecule has 0 heterocycles. The van der Waals surface area contributed by atoms with Crippen LogP contribution in [0.25, 0.3) is 0 Å². The monoisotopic (exact) mass is 244 g/mol. The van der Waals surface area contributed by atoms with Crippen LogP contribution in [0.5, 0.6) is 0 Å². The van der Waals surface area contributed by atoms with Gasteiger partial charge in [-0.2, -0.15) is 0 Å². The predicted molar refractivity (Wildman–Crippen MR) is 69.8 cm³/mol. The lowest BCUT2D eigenvalue weighted by atomic mass is 9.72. The van der Waals surface area contributed by atoms with Crippen LogP contribution in [-0.2, 0) is 4.79 Å². The first kappa shape index (κ1) is 14.0. The van der Waals surface area contributed by atoms with E-state index in [0.717, 1.165) is 19.3 Å². The molecule has 94 valence electrons. The van der Waals surface area contributed by atoms with E-state index in [9.17, 15) is 4.79 Å². The number of hydrogen-bond acceptors (Lipinski definition) is 1. The van der Waals surface area contributed by atoms with Crippen molar-refractivity contribution in [3.63, 3.8) is 0 Å². The van der Waals surface area contributed by atoms with Gasteiger partial charge in [0.1, 0.15) is 0 Å². The van der Waals surface area contributed by atoms with Gasteiger partial charge in [-0.1, -0.05) is 58.3 Å². The Balaban J connectivity index is 2.30. The van der Waals surface area contributed by atoms with Crippen LogP contribution < -0.4 is 0 Å². The van der Waals surface area contributed by atoms with Crippen LogP contribution in [0.1, 0.15) is 77.6 Å². The van der Waals surface area contributed by atoms with Crippen LogP contribution in [-0.4, -0.2) is 5.24 Å². The van der Waals surface area contributed by atoms with E-state index in [2.05, 4.69) is 6.92 Å². The summed E-state index contributed by atoms with van der Waals surface area (Å²) < 4.78 is 0. The minimum absolute atomic E-state index is 0.0670. The fourth-order valence-electron chi connectivity index (χ4n) is 2.84. The molecule has 1 nitrogen and oxygen atoms in total. The summed E-state index contributed by atoms with van der Waals surface area (Å²) in [6.45, 7) is 2.23. The number of halogens is 1. The topological polar surface area (TPSA) is 17.1 Å². The molecule has 0 saturated heterocycles. The average molecular weight is 245 g/mol. The Bertz CT molecular complexity index is 207. The second-order valence-electron chi connectivity index (χ2n) is 5.28. The highest BCUT2D eigenvalue weighted by atomic mass is 35.5. The zero-order valence-electron chi connectivity index (χ0n) is 10.6. The van der Waals surface area contributed by atoms with E-state index in [0.29, 0.717) is 0 Å². The normalized spacial score (nSPS) is 19.6. The maximum absolute atomic E-state index is 11.6. The van der Waals surface area contributed by atoms with Crippen LogP contribution >= 0.6 is 11.6 Å². The van der Waals surface area contributed by atoms with Gasteiger partial charge in [-0.25, -0.2) is 0 Å². The van der Waals surface area contributed by atoms with E-state index in [-0.39, 0.29) is 10.7 Å². The van der Waals surface area contributed by atoms with Gasteiger partial charge in [0.15, 0.2) is 0 Å². The molecule has 1 saturated carbocycles. The molecule has 16 heavy (non-hydrogen) atoms. The third-order valence-corrected chi connectivity index (χ3v) is 4.39. The molecular weight excluding hydrogens is 220 g/mol. The molecule has 0 aromatic rings. The second-order valence-corrected chi connectivity index (χ2v) is 5.62. The van der Waals surface area contributed by atoms with Crippen molar-refractivity contribution in [2.75, 3.05) is 0 Å². The van der Waals surface area contributed by atoms with E-state index in [1.54, 1.807) is 0 Å². The molecule has 0 aliphatic heterocycles. The minimum Gasteiger partial charge on any atom is -0.281 e. The summed E-state index contributed by atoms with van der Waals surface area (Å²) in [5, 5.41) is -0.0670. The molecule has 1 aliphatic rings. The van der Waals surface area contributed by atoms with Crippen molar-refractivity contribution in [2.24, 2.45) is 5.41 Å². The Morgan fingerprint density at radius 1 is 1.06 bits per heavy atom. The Labute approximate surface area is 105 Å². The summed E-state index contributed by atoms with van der Waals surface area (Å²) in [5.41, 5.74) is -0.147. The third-order valence-electron chi connectivity index (χ3n) is 3.99. The van der Waals surface area contributed by atoms with Crippen molar-refractivity contribution in [1.82, 2.24) is 0 Å². The van der Waals surface area contributed by atoms with Gasteiger partial charge in [-0.05, 0) is 30.9 Å². The summed E-state index contributed by atoms with van der Waals surface area (Å²) in [5.74, 6) is 0. The molecule has 1 aliphatic carbocycles. The lowest BCUT2D eigenvalue weighted by Crippen LogP contribution is -2.30. The number of unbranched alkanes of at least 4 members (excludes halogenated alkanes) is 4. The van der Waals surface area contributed by atoms with Crippen LogP contribution in [0.2, 0.25) is 0 Å². The number of carbonyl (C=O) groups is 1. The zero-order chi connectivity index (χ0) is 11.9. The average Bonchev–Trinajstić information content (AvgIpc) is 2.30. The van der Waals surface area contributed by atoms with Crippen LogP contribution in [0.15, 0.2) is 0 Å². The first-order chi connectivity index (χ1) is 7.71. The first-order valence-electron chi connectivity index (χ1n) is 6.91. The van der Waals surface area contributed by atoms with Gasteiger partial charge in [0.25, 0.3) is 0 Å². The van der Waals surface area contributed by atoms with Gasteiger partial charge in [-0.3, -0.25) is 4.79 Å². The summed E-state index contributed by atoms with van der Waals surface area (Å²) in [4.78, 5) is 11.6. The van der Waals surface area contributed by atoms with Gasteiger partial charge in [-0.15, -0.1) is 0 Å². The molecule has 2 heteroatoms. The van der Waals surface area contributed by atoms with E-state index < -0.39 is 0 Å². The standard InChI is InChI=1S/C14H25ClO/c1-2-3-4-5-7-10-14(13(15)16)11-8-6-9-12-14/h2-12H2,1H3. The lowest BCUT2D eigenvalue weighted by molar-refractivity contribution is -0.122. The summed E-state index contributed by atoms with van der Waals surface area (Å²) in [6, 6.07) is 0. The van der Waals surface area contributed by atoms with E-state index in [1.165, 1.54) is 51.4 Å². The summed E-state index contributed by atoms with van der Waals surface area (Å²) in [7, 11) is 0. The highest BCUT2D eigenvalue weighted by Gasteiger charge is 2.37. The first-order valence-corrected chi connectivity index (χ1v) is 7.29. The highest BCUT2D eigenvalue weighted by Crippen LogP contribution is 2.42. The van der Waals surface area contributed by atoms with Crippen LogP contribution in [0.4, 0.5) is 0 Å². The fraction of sp³-hybridized carbons (Fsp3) is 0.929. The molecule has 0 aromatic heterocycles. The fourth-order valence-corrected chi connectivity index (χ4v) is 3.12. The third kappa shape index (κ3) is 4.08. The molecule has 0 N–H and O–H groups in total. The highest BCUT2D eigenvalue weighted by molar-refractivity contribution is 6.64. The SMILES string of the molecule is CCCCCCCC1(C(=O)Cl)CCCCC1. The van der Waals surface area contributed by atoms with E-state index in [1.807, 2.05) is 0 Å². The van der Waals surface area contributed by atoms with Gasteiger partial charge in [0, 0.05) is 5.41 Å². The van der Waals surface area contributed by atoms with Gasteiger partial charge in [0.05, 0.1) is 0 Å². The molecule has 0 radical (unpaired) electrons. The summed E-state index contributed by atoms with van der Waals surface area (Å²) in [6.07, 6.45) is 13.1. The Hall–Kier alpha value is -0.0400. The molecule has 0 bridgehead atoms. The maximum Gasteiger partial charge on any atom is 0.227 e. The van der Waals surface area contributed by atoms with Crippen molar-refractivity contribution in [3.8, 4) is 0 Å². The zero-order valence-corrected chi connectivity index (χ0v) is 11.3. The van der Waals surface area contributed by atoms with Gasteiger partial charge < -0.3 is 0 Å². The molecule has 0 amide bonds. The molecule has 0 unspecified atom stereocenters. The molecule has 1 rings (SSSR count). The Morgan fingerprint density at radius 2 is 1.69 bits per heavy atom. The molecule has 0 aromatic carbocycles. The van der Waals surface area contributed by atoms with Crippen molar-refractivity contribution in [1.29, 1.82) is 0 Å². The maximum atomic E-state index is 11.6. The van der Waals surface area contributed by atoms with Crippen molar-refractivity contribution >= 4 is 16.8 Å². The number of hydrogen-bond donors (Lipinski definition) is 0.